The summed E-state index contributed by atoms with van der Waals surface area (Å²) in [5, 5.41) is 4.35. The molecule has 1 heterocycles. The van der Waals surface area contributed by atoms with Gasteiger partial charge in [-0.05, 0) is 19.1 Å². The Morgan fingerprint density at radius 1 is 1.13 bits per heavy atom. The summed E-state index contributed by atoms with van der Waals surface area (Å²) in [6.07, 6.45) is -3.52. The molecular formula is C17H22F4N4O4S. The third kappa shape index (κ3) is 6.55. The van der Waals surface area contributed by atoms with Gasteiger partial charge in [0.1, 0.15) is 12.4 Å². The molecule has 0 saturated carbocycles. The molecule has 2 N–H and O–H groups in total. The first kappa shape index (κ1) is 23.9. The zero-order chi connectivity index (χ0) is 22.7. The van der Waals surface area contributed by atoms with E-state index in [1.807, 2.05) is 0 Å². The molecule has 8 nitrogen and oxygen atoms in total. The van der Waals surface area contributed by atoms with E-state index in [0.717, 1.165) is 12.3 Å². The van der Waals surface area contributed by atoms with E-state index in [1.165, 1.54) is 22.2 Å². The predicted octanol–water partition coefficient (Wildman–Crippen LogP) is 0.942. The van der Waals surface area contributed by atoms with Crippen molar-refractivity contribution in [2.75, 3.05) is 50.8 Å². The van der Waals surface area contributed by atoms with Gasteiger partial charge in [-0.3, -0.25) is 9.59 Å². The number of carbonyl (C=O) groups is 2. The highest BCUT2D eigenvalue weighted by Gasteiger charge is 2.28. The smallest absolute Gasteiger partial charge is 0.376 e. The van der Waals surface area contributed by atoms with Gasteiger partial charge in [-0.15, -0.1) is 0 Å². The minimum absolute atomic E-state index is 0.0929. The number of hydrogen-bond donors (Lipinski definition) is 2. The van der Waals surface area contributed by atoms with Crippen LogP contribution in [0, 0.1) is 12.7 Å². The molecule has 168 valence electrons. The maximum Gasteiger partial charge on any atom is 0.405 e. The molecule has 1 aliphatic heterocycles. The average molecular weight is 454 g/mol. The molecule has 1 aromatic rings. The highest BCUT2D eigenvalue weighted by molar-refractivity contribution is 7.88. The molecule has 0 atom stereocenters. The summed E-state index contributed by atoms with van der Waals surface area (Å²) in [5.74, 6) is -2.28. The summed E-state index contributed by atoms with van der Waals surface area (Å²) in [6, 6.07) is 1.98. The molecule has 1 fully saturated rings. The monoisotopic (exact) mass is 454 g/mol. The second kappa shape index (κ2) is 9.16. The molecule has 0 aromatic heterocycles. The zero-order valence-corrected chi connectivity index (χ0v) is 17.2. The highest BCUT2D eigenvalue weighted by Crippen LogP contribution is 2.21. The Labute approximate surface area is 171 Å². The largest absolute Gasteiger partial charge is 0.405 e. The van der Waals surface area contributed by atoms with Crippen molar-refractivity contribution < 1.29 is 35.6 Å². The summed E-state index contributed by atoms with van der Waals surface area (Å²) in [5.41, 5.74) is -0.133. The Balaban J connectivity index is 2.00. The molecule has 2 rings (SSSR count). The van der Waals surface area contributed by atoms with Gasteiger partial charge in [0.2, 0.25) is 15.9 Å². The molecule has 0 unspecified atom stereocenters. The minimum atomic E-state index is -4.60. The summed E-state index contributed by atoms with van der Waals surface area (Å²) in [6.45, 7) is 0.293. The molecule has 13 heteroatoms. The molecule has 1 aromatic carbocycles. The van der Waals surface area contributed by atoms with Crippen LogP contribution in [0.2, 0.25) is 0 Å². The van der Waals surface area contributed by atoms with Crippen molar-refractivity contribution in [2.24, 2.45) is 0 Å². The van der Waals surface area contributed by atoms with Crippen molar-refractivity contribution in [1.29, 1.82) is 0 Å². The Bertz CT molecular complexity index is 913. The second-order valence-electron chi connectivity index (χ2n) is 6.82. The number of carbonyl (C=O) groups excluding carboxylic acids is 2. The molecule has 0 radical (unpaired) electrons. The highest BCUT2D eigenvalue weighted by atomic mass is 32.2. The third-order valence-electron chi connectivity index (χ3n) is 4.55. The first-order valence-corrected chi connectivity index (χ1v) is 10.7. The fourth-order valence-corrected chi connectivity index (χ4v) is 3.65. The number of rotatable bonds is 6. The van der Waals surface area contributed by atoms with Crippen LogP contribution in [0.4, 0.5) is 23.2 Å². The van der Waals surface area contributed by atoms with Gasteiger partial charge in [0, 0.05) is 43.0 Å². The topological polar surface area (TPSA) is 98.8 Å². The average Bonchev–Trinajstić information content (AvgIpc) is 2.65. The van der Waals surface area contributed by atoms with Crippen molar-refractivity contribution in [1.82, 2.24) is 14.5 Å². The fourth-order valence-electron chi connectivity index (χ4n) is 2.83. The number of amides is 2. The maximum atomic E-state index is 14.1. The van der Waals surface area contributed by atoms with Gasteiger partial charge < -0.3 is 15.5 Å². The van der Waals surface area contributed by atoms with E-state index in [9.17, 15) is 35.6 Å². The zero-order valence-electron chi connectivity index (χ0n) is 16.3. The van der Waals surface area contributed by atoms with Crippen LogP contribution in [0.15, 0.2) is 12.1 Å². The van der Waals surface area contributed by atoms with E-state index in [0.29, 0.717) is 0 Å². The van der Waals surface area contributed by atoms with Gasteiger partial charge >= 0.3 is 6.18 Å². The van der Waals surface area contributed by atoms with Crippen molar-refractivity contribution in [3.05, 3.63) is 29.1 Å². The number of piperazine rings is 1. The number of anilines is 1. The molecule has 30 heavy (non-hydrogen) atoms. The van der Waals surface area contributed by atoms with E-state index in [1.54, 1.807) is 5.32 Å². The number of sulfonamides is 1. The van der Waals surface area contributed by atoms with Crippen LogP contribution < -0.4 is 10.6 Å². The van der Waals surface area contributed by atoms with Gasteiger partial charge in [0.25, 0.3) is 5.91 Å². The van der Waals surface area contributed by atoms with E-state index in [-0.39, 0.29) is 55.4 Å². The molecule has 1 aliphatic rings. The number of halogens is 4. The summed E-state index contributed by atoms with van der Waals surface area (Å²) in [7, 11) is -3.34. The maximum absolute atomic E-state index is 14.1. The lowest BCUT2D eigenvalue weighted by atomic mass is 10.1. The van der Waals surface area contributed by atoms with E-state index in [4.69, 9.17) is 0 Å². The molecule has 2 amide bonds. The van der Waals surface area contributed by atoms with Crippen LogP contribution in [0.1, 0.15) is 15.9 Å². The van der Waals surface area contributed by atoms with Crippen molar-refractivity contribution in [3.63, 3.8) is 0 Å². The van der Waals surface area contributed by atoms with Crippen molar-refractivity contribution in [2.45, 2.75) is 13.1 Å². The molecule has 0 bridgehead atoms. The van der Waals surface area contributed by atoms with Gasteiger partial charge in [0.05, 0.1) is 12.8 Å². The van der Waals surface area contributed by atoms with E-state index in [2.05, 4.69) is 5.32 Å². The molecule has 1 saturated heterocycles. The number of alkyl halides is 3. The molecule has 0 aliphatic carbocycles. The Kier molecular flexibility index (Phi) is 7.29. The fraction of sp³-hybridized carbons (Fsp3) is 0.529. The van der Waals surface area contributed by atoms with Gasteiger partial charge in [-0.2, -0.15) is 17.5 Å². The first-order chi connectivity index (χ1) is 13.8. The summed E-state index contributed by atoms with van der Waals surface area (Å²) in [4.78, 5) is 25.7. The SMILES string of the molecule is Cc1c(F)cc(C(=O)NCC(F)(F)F)cc1NCC(=O)N1CCN(S(C)(=O)=O)CC1. The van der Waals surface area contributed by atoms with Crippen LogP contribution in [-0.2, 0) is 14.8 Å². The second-order valence-corrected chi connectivity index (χ2v) is 8.81. The first-order valence-electron chi connectivity index (χ1n) is 8.90. The lowest BCUT2D eigenvalue weighted by Crippen LogP contribution is -2.51. The van der Waals surface area contributed by atoms with Crippen LogP contribution in [0.25, 0.3) is 0 Å². The number of hydrogen-bond acceptors (Lipinski definition) is 5. The van der Waals surface area contributed by atoms with Crippen LogP contribution >= 0.6 is 0 Å². The van der Waals surface area contributed by atoms with E-state index >= 15 is 0 Å². The number of benzene rings is 1. The lowest BCUT2D eigenvalue weighted by molar-refractivity contribution is -0.130. The normalized spacial score (nSPS) is 15.7. The summed E-state index contributed by atoms with van der Waals surface area (Å²) < 4.78 is 75.1. The quantitative estimate of drug-likeness (QED) is 0.624. The number of nitrogens with zero attached hydrogens (tertiary/aromatic N) is 2. The van der Waals surface area contributed by atoms with Crippen molar-refractivity contribution >= 4 is 27.5 Å². The standard InChI is InChI=1S/C17H22F4N4O4S/c1-11-13(18)7-12(16(27)23-10-17(19,20)21)8-14(11)22-9-15(26)24-3-5-25(6-4-24)30(2,28)29/h7-8,22H,3-6,9-10H2,1-2H3,(H,23,27). The predicted molar refractivity (Wildman–Crippen MR) is 101 cm³/mol. The van der Waals surface area contributed by atoms with Crippen molar-refractivity contribution in [3.8, 4) is 0 Å². The van der Waals surface area contributed by atoms with Gasteiger partial charge in [-0.25, -0.2) is 12.8 Å². The molecule has 0 spiro atoms. The Hall–Kier alpha value is -2.41. The molecular weight excluding hydrogens is 432 g/mol. The Morgan fingerprint density at radius 3 is 2.27 bits per heavy atom. The van der Waals surface area contributed by atoms with Crippen LogP contribution in [0.5, 0.6) is 0 Å². The minimum Gasteiger partial charge on any atom is -0.376 e. The van der Waals surface area contributed by atoms with Crippen LogP contribution in [-0.4, -0.2) is 81.1 Å². The van der Waals surface area contributed by atoms with Gasteiger partial charge in [-0.1, -0.05) is 0 Å². The van der Waals surface area contributed by atoms with E-state index < -0.39 is 34.5 Å². The van der Waals surface area contributed by atoms with Gasteiger partial charge in [0.15, 0.2) is 0 Å². The van der Waals surface area contributed by atoms with Crippen LogP contribution in [0.3, 0.4) is 0 Å². The summed E-state index contributed by atoms with van der Waals surface area (Å²) >= 11 is 0. The lowest BCUT2D eigenvalue weighted by Gasteiger charge is -2.33. The number of nitrogens with one attached hydrogen (secondary N) is 2. The third-order valence-corrected chi connectivity index (χ3v) is 5.85. The Morgan fingerprint density at radius 2 is 1.73 bits per heavy atom.